The van der Waals surface area contributed by atoms with Crippen LogP contribution in [-0.4, -0.2) is 18.1 Å². The van der Waals surface area contributed by atoms with Gasteiger partial charge in [-0.25, -0.2) is 4.98 Å². The number of halogens is 3. The van der Waals surface area contributed by atoms with Crippen LogP contribution >= 0.6 is 0 Å². The Hall–Kier alpha value is -2.08. The molecule has 1 aromatic carbocycles. The summed E-state index contributed by atoms with van der Waals surface area (Å²) < 4.78 is 45.2. The van der Waals surface area contributed by atoms with Crippen LogP contribution in [0.3, 0.4) is 0 Å². The van der Waals surface area contributed by atoms with Crippen molar-refractivity contribution in [3.05, 3.63) is 59.8 Å². The molecular weight excluding hydrogens is 305 g/mol. The van der Waals surface area contributed by atoms with Gasteiger partial charge in [0.05, 0.1) is 0 Å². The highest BCUT2D eigenvalue weighted by molar-refractivity contribution is 5.30. The van der Waals surface area contributed by atoms with Crippen LogP contribution in [0.15, 0.2) is 48.7 Å². The summed E-state index contributed by atoms with van der Waals surface area (Å²) in [6.45, 7) is 1.56. The minimum absolute atomic E-state index is 0.112. The Morgan fingerprint density at radius 2 is 1.91 bits per heavy atom. The van der Waals surface area contributed by atoms with Crippen molar-refractivity contribution in [2.45, 2.75) is 18.7 Å². The number of alkyl halides is 3. The van der Waals surface area contributed by atoms with Crippen molar-refractivity contribution in [2.24, 2.45) is 5.92 Å². The molecule has 2 atom stereocenters. The number of pyridine rings is 1. The normalized spacial score (nSPS) is 19.5. The van der Waals surface area contributed by atoms with Gasteiger partial charge in [0.2, 0.25) is 5.88 Å². The van der Waals surface area contributed by atoms with Crippen molar-refractivity contribution in [1.29, 1.82) is 0 Å². The summed E-state index contributed by atoms with van der Waals surface area (Å²) in [5.41, 5.74) is 0.0202. The standard InChI is InChI=1S/C17H17F3N2O/c18-17(19,20)14-7-4-9-22-16(14)23-15(13-8-10-21-11-13)12-5-2-1-3-6-12/h1-7,9,13,15,21H,8,10-11H2. The average Bonchev–Trinajstić information content (AvgIpc) is 3.07. The van der Waals surface area contributed by atoms with Crippen molar-refractivity contribution in [3.63, 3.8) is 0 Å². The number of hydrogen-bond donors (Lipinski definition) is 1. The molecule has 1 aliphatic heterocycles. The van der Waals surface area contributed by atoms with Gasteiger partial charge in [0.25, 0.3) is 0 Å². The summed E-state index contributed by atoms with van der Waals surface area (Å²) in [5, 5.41) is 3.23. The van der Waals surface area contributed by atoms with E-state index in [1.807, 2.05) is 30.3 Å². The molecular formula is C17H17F3N2O. The van der Waals surface area contributed by atoms with Crippen LogP contribution in [0.25, 0.3) is 0 Å². The lowest BCUT2D eigenvalue weighted by Crippen LogP contribution is -2.23. The quantitative estimate of drug-likeness (QED) is 0.929. The summed E-state index contributed by atoms with van der Waals surface area (Å²) in [5.74, 6) is -0.249. The largest absolute Gasteiger partial charge is 0.469 e. The van der Waals surface area contributed by atoms with Crippen molar-refractivity contribution < 1.29 is 17.9 Å². The molecule has 3 rings (SSSR count). The van der Waals surface area contributed by atoms with Crippen LogP contribution in [-0.2, 0) is 6.18 Å². The van der Waals surface area contributed by atoms with E-state index >= 15 is 0 Å². The second-order valence-corrected chi connectivity index (χ2v) is 5.56. The zero-order chi connectivity index (χ0) is 16.3. The number of hydrogen-bond acceptors (Lipinski definition) is 3. The van der Waals surface area contributed by atoms with Gasteiger partial charge >= 0.3 is 6.18 Å². The molecule has 0 radical (unpaired) electrons. The molecule has 1 aliphatic rings. The van der Waals surface area contributed by atoms with E-state index in [9.17, 15) is 13.2 Å². The molecule has 2 unspecified atom stereocenters. The van der Waals surface area contributed by atoms with Gasteiger partial charge in [0, 0.05) is 18.7 Å². The molecule has 0 bridgehead atoms. The molecule has 1 aromatic heterocycles. The van der Waals surface area contributed by atoms with Crippen LogP contribution in [0.2, 0.25) is 0 Å². The van der Waals surface area contributed by atoms with Gasteiger partial charge in [-0.05, 0) is 30.7 Å². The second-order valence-electron chi connectivity index (χ2n) is 5.56. The highest BCUT2D eigenvalue weighted by atomic mass is 19.4. The summed E-state index contributed by atoms with van der Waals surface area (Å²) in [7, 11) is 0. The first-order chi connectivity index (χ1) is 11.1. The molecule has 0 spiro atoms. The van der Waals surface area contributed by atoms with E-state index < -0.39 is 17.8 Å². The maximum atomic E-state index is 13.1. The maximum Gasteiger partial charge on any atom is 0.421 e. The fraction of sp³-hybridized carbons (Fsp3) is 0.353. The zero-order valence-corrected chi connectivity index (χ0v) is 12.4. The predicted molar refractivity (Wildman–Crippen MR) is 80.0 cm³/mol. The monoisotopic (exact) mass is 322 g/mol. The van der Waals surface area contributed by atoms with Crippen molar-refractivity contribution in [1.82, 2.24) is 10.3 Å². The molecule has 1 fully saturated rings. The predicted octanol–water partition coefficient (Wildman–Crippen LogP) is 3.83. The summed E-state index contributed by atoms with van der Waals surface area (Å²) in [6.07, 6.45) is -2.77. The van der Waals surface area contributed by atoms with Crippen LogP contribution in [0.4, 0.5) is 13.2 Å². The topological polar surface area (TPSA) is 34.1 Å². The van der Waals surface area contributed by atoms with Gasteiger partial charge in [0.15, 0.2) is 0 Å². The third-order valence-electron chi connectivity index (χ3n) is 3.97. The van der Waals surface area contributed by atoms with Crippen molar-refractivity contribution in [3.8, 4) is 5.88 Å². The van der Waals surface area contributed by atoms with E-state index in [0.717, 1.165) is 24.6 Å². The first kappa shape index (κ1) is 15.8. The summed E-state index contributed by atoms with van der Waals surface area (Å²) in [4.78, 5) is 3.82. The average molecular weight is 322 g/mol. The fourth-order valence-electron chi connectivity index (χ4n) is 2.84. The Kier molecular flexibility index (Phi) is 4.52. The van der Waals surface area contributed by atoms with E-state index in [4.69, 9.17) is 4.74 Å². The van der Waals surface area contributed by atoms with E-state index in [2.05, 4.69) is 10.3 Å². The number of nitrogens with zero attached hydrogens (tertiary/aromatic N) is 1. The van der Waals surface area contributed by atoms with Gasteiger partial charge in [-0.1, -0.05) is 30.3 Å². The van der Waals surface area contributed by atoms with E-state index in [-0.39, 0.29) is 11.8 Å². The molecule has 23 heavy (non-hydrogen) atoms. The van der Waals surface area contributed by atoms with Gasteiger partial charge in [0.1, 0.15) is 11.7 Å². The first-order valence-corrected chi connectivity index (χ1v) is 7.50. The highest BCUT2D eigenvalue weighted by Gasteiger charge is 2.37. The maximum absolute atomic E-state index is 13.1. The number of nitrogens with one attached hydrogen (secondary N) is 1. The minimum Gasteiger partial charge on any atom is -0.469 e. The Labute approximate surface area is 132 Å². The first-order valence-electron chi connectivity index (χ1n) is 7.50. The van der Waals surface area contributed by atoms with Crippen LogP contribution < -0.4 is 10.1 Å². The number of aromatic nitrogens is 1. The van der Waals surface area contributed by atoms with Crippen LogP contribution in [0, 0.1) is 5.92 Å². The van der Waals surface area contributed by atoms with Crippen LogP contribution in [0.1, 0.15) is 23.7 Å². The lowest BCUT2D eigenvalue weighted by atomic mass is 9.95. The number of rotatable bonds is 4. The fourth-order valence-corrected chi connectivity index (χ4v) is 2.84. The minimum atomic E-state index is -4.49. The van der Waals surface area contributed by atoms with E-state index in [0.29, 0.717) is 6.54 Å². The van der Waals surface area contributed by atoms with Gasteiger partial charge in [-0.2, -0.15) is 13.2 Å². The molecule has 122 valence electrons. The van der Waals surface area contributed by atoms with Gasteiger partial charge in [-0.3, -0.25) is 0 Å². The summed E-state index contributed by atoms with van der Waals surface area (Å²) in [6, 6.07) is 11.6. The molecule has 0 amide bonds. The molecule has 3 nitrogen and oxygen atoms in total. The molecule has 6 heteroatoms. The summed E-state index contributed by atoms with van der Waals surface area (Å²) >= 11 is 0. The highest BCUT2D eigenvalue weighted by Crippen LogP contribution is 2.38. The Morgan fingerprint density at radius 3 is 2.57 bits per heavy atom. The molecule has 1 N–H and O–H groups in total. The van der Waals surface area contributed by atoms with Gasteiger partial charge < -0.3 is 10.1 Å². The zero-order valence-electron chi connectivity index (χ0n) is 12.4. The SMILES string of the molecule is FC(F)(F)c1cccnc1OC(c1ccccc1)C1CCNC1. The smallest absolute Gasteiger partial charge is 0.421 e. The van der Waals surface area contributed by atoms with Crippen LogP contribution in [0.5, 0.6) is 5.88 Å². The van der Waals surface area contributed by atoms with E-state index in [1.54, 1.807) is 0 Å². The Morgan fingerprint density at radius 1 is 1.13 bits per heavy atom. The lowest BCUT2D eigenvalue weighted by molar-refractivity contribution is -0.139. The van der Waals surface area contributed by atoms with Crippen molar-refractivity contribution in [2.75, 3.05) is 13.1 Å². The molecule has 0 saturated carbocycles. The number of benzene rings is 1. The van der Waals surface area contributed by atoms with Gasteiger partial charge in [-0.15, -0.1) is 0 Å². The Bertz CT molecular complexity index is 640. The molecule has 2 aromatic rings. The molecule has 1 saturated heterocycles. The van der Waals surface area contributed by atoms with E-state index in [1.165, 1.54) is 12.3 Å². The molecule has 2 heterocycles. The third-order valence-corrected chi connectivity index (χ3v) is 3.97. The second kappa shape index (κ2) is 6.58. The molecule has 0 aliphatic carbocycles. The van der Waals surface area contributed by atoms with Crippen molar-refractivity contribution >= 4 is 0 Å². The lowest BCUT2D eigenvalue weighted by Gasteiger charge is -2.25. The Balaban J connectivity index is 1.93. The third kappa shape index (κ3) is 3.64. The number of ether oxygens (including phenoxy) is 1.